The van der Waals surface area contributed by atoms with Crippen LogP contribution < -0.4 is 9.80 Å². The van der Waals surface area contributed by atoms with Crippen molar-refractivity contribution in [3.05, 3.63) is 49.1 Å². The van der Waals surface area contributed by atoms with Gasteiger partial charge in [-0.15, -0.1) is 10.1 Å². The van der Waals surface area contributed by atoms with E-state index < -0.39 is 11.9 Å². The summed E-state index contributed by atoms with van der Waals surface area (Å²) in [5.41, 5.74) is 2.14. The minimum Gasteiger partial charge on any atom is -0.369 e. The molecule has 2 aliphatic rings. The Bertz CT molecular complexity index is 765. The molecule has 10 heteroatoms. The number of piperazine rings is 2. The molecule has 10 nitrogen and oxygen atoms in total. The van der Waals surface area contributed by atoms with Crippen LogP contribution in [-0.2, 0) is 19.3 Å². The third-order valence-corrected chi connectivity index (χ3v) is 5.12. The minimum atomic E-state index is -0.996. The topological polar surface area (TPSA) is 91.3 Å². The van der Waals surface area contributed by atoms with Gasteiger partial charge in [-0.05, 0) is 24.3 Å². The van der Waals surface area contributed by atoms with Gasteiger partial charge >= 0.3 is 11.9 Å². The van der Waals surface area contributed by atoms with Crippen LogP contribution in [0.3, 0.4) is 0 Å². The molecule has 4 heterocycles. The van der Waals surface area contributed by atoms with Gasteiger partial charge in [0, 0.05) is 62.3 Å². The summed E-state index contributed by atoms with van der Waals surface area (Å²) in [6.45, 7) is 4.76. The van der Waals surface area contributed by atoms with Crippen LogP contribution in [0.2, 0.25) is 0 Å². The van der Waals surface area contributed by atoms with Crippen molar-refractivity contribution in [2.75, 3.05) is 62.2 Å². The second-order valence-electron chi connectivity index (χ2n) is 7.00. The number of carbonyl (C=O) groups is 2. The Morgan fingerprint density at radius 2 is 0.933 bits per heavy atom. The first-order chi connectivity index (χ1) is 14.7. The van der Waals surface area contributed by atoms with Gasteiger partial charge in [0.25, 0.3) is 0 Å². The number of hydrogen-bond donors (Lipinski definition) is 0. The second kappa shape index (κ2) is 9.51. The molecule has 0 atom stereocenters. The maximum Gasteiger partial charge on any atom is 0.438 e. The summed E-state index contributed by atoms with van der Waals surface area (Å²) in [4.78, 5) is 47.0. The highest BCUT2D eigenvalue weighted by molar-refractivity contribution is 6.29. The quantitative estimate of drug-likeness (QED) is 0.655. The standard InChI is InChI=1S/C20H24N6O4/c27-19(29-25-13-9-23(10-14-25)17-1-5-21-6-2-17)20(28)30-26-15-11-24(12-16-26)18-3-7-22-8-4-18/h1-8H,9-16H2. The zero-order valence-electron chi connectivity index (χ0n) is 16.6. The molecule has 2 aromatic rings. The van der Waals surface area contributed by atoms with E-state index in [0.717, 1.165) is 11.4 Å². The van der Waals surface area contributed by atoms with Gasteiger partial charge in [0.15, 0.2) is 0 Å². The molecule has 0 N–H and O–H groups in total. The van der Waals surface area contributed by atoms with Gasteiger partial charge in [0.1, 0.15) is 0 Å². The maximum absolute atomic E-state index is 12.1. The van der Waals surface area contributed by atoms with Gasteiger partial charge in [0.2, 0.25) is 0 Å². The van der Waals surface area contributed by atoms with Gasteiger partial charge in [-0.3, -0.25) is 9.97 Å². The molecule has 30 heavy (non-hydrogen) atoms. The monoisotopic (exact) mass is 412 g/mol. The van der Waals surface area contributed by atoms with Crippen molar-refractivity contribution in [2.24, 2.45) is 0 Å². The molecular weight excluding hydrogens is 388 g/mol. The Kier molecular flexibility index (Phi) is 6.35. The van der Waals surface area contributed by atoms with Crippen molar-refractivity contribution in [3.8, 4) is 0 Å². The van der Waals surface area contributed by atoms with E-state index in [-0.39, 0.29) is 0 Å². The first-order valence-corrected chi connectivity index (χ1v) is 9.93. The molecule has 0 saturated carbocycles. The summed E-state index contributed by atoms with van der Waals surface area (Å²) < 4.78 is 0. The highest BCUT2D eigenvalue weighted by atomic mass is 16.8. The van der Waals surface area contributed by atoms with E-state index in [1.807, 2.05) is 24.3 Å². The minimum absolute atomic E-state index is 0.506. The summed E-state index contributed by atoms with van der Waals surface area (Å²) in [6, 6.07) is 7.75. The van der Waals surface area contributed by atoms with Crippen LogP contribution in [-0.4, -0.2) is 84.4 Å². The number of carbonyl (C=O) groups excluding carboxylic acids is 2. The molecule has 0 aromatic carbocycles. The van der Waals surface area contributed by atoms with Crippen LogP contribution in [0.25, 0.3) is 0 Å². The molecule has 0 amide bonds. The summed E-state index contributed by atoms with van der Waals surface area (Å²) >= 11 is 0. The van der Waals surface area contributed by atoms with Crippen LogP contribution in [0, 0.1) is 0 Å². The molecule has 2 fully saturated rings. The van der Waals surface area contributed by atoms with E-state index in [9.17, 15) is 9.59 Å². The fourth-order valence-electron chi connectivity index (χ4n) is 3.49. The fraction of sp³-hybridized carbons (Fsp3) is 0.400. The summed E-state index contributed by atoms with van der Waals surface area (Å²) in [6.07, 6.45) is 6.98. The van der Waals surface area contributed by atoms with Crippen LogP contribution in [0.15, 0.2) is 49.1 Å². The van der Waals surface area contributed by atoms with E-state index >= 15 is 0 Å². The SMILES string of the molecule is O=C(ON1CCN(c2ccncc2)CC1)C(=O)ON1CCN(c2ccncc2)CC1. The molecule has 4 rings (SSSR count). The molecule has 158 valence electrons. The van der Waals surface area contributed by atoms with Crippen LogP contribution in [0.5, 0.6) is 0 Å². The molecule has 2 saturated heterocycles. The lowest BCUT2D eigenvalue weighted by atomic mass is 10.3. The van der Waals surface area contributed by atoms with E-state index in [2.05, 4.69) is 19.8 Å². The normalized spacial score (nSPS) is 18.1. The van der Waals surface area contributed by atoms with Crippen molar-refractivity contribution in [1.82, 2.24) is 20.1 Å². The van der Waals surface area contributed by atoms with Gasteiger partial charge in [0.05, 0.1) is 26.2 Å². The molecule has 0 aliphatic carbocycles. The third-order valence-electron chi connectivity index (χ3n) is 5.12. The highest BCUT2D eigenvalue weighted by Gasteiger charge is 2.28. The lowest BCUT2D eigenvalue weighted by Gasteiger charge is -2.35. The molecule has 2 aliphatic heterocycles. The number of hydrogen-bond acceptors (Lipinski definition) is 10. The van der Waals surface area contributed by atoms with Gasteiger partial charge in [-0.1, -0.05) is 0 Å². The van der Waals surface area contributed by atoms with E-state index in [1.165, 1.54) is 10.1 Å². The number of pyridine rings is 2. The van der Waals surface area contributed by atoms with E-state index in [0.29, 0.717) is 52.4 Å². The van der Waals surface area contributed by atoms with Gasteiger partial charge < -0.3 is 19.5 Å². The molecule has 0 radical (unpaired) electrons. The van der Waals surface area contributed by atoms with Crippen molar-refractivity contribution in [1.29, 1.82) is 0 Å². The van der Waals surface area contributed by atoms with Crippen molar-refractivity contribution >= 4 is 23.3 Å². The van der Waals surface area contributed by atoms with E-state index in [4.69, 9.17) is 9.68 Å². The number of rotatable bonds is 4. The molecule has 0 unspecified atom stereocenters. The maximum atomic E-state index is 12.1. The largest absolute Gasteiger partial charge is 0.438 e. The first kappa shape index (κ1) is 20.0. The molecule has 0 bridgehead atoms. The Hall–Kier alpha value is -3.24. The van der Waals surface area contributed by atoms with Crippen molar-refractivity contribution < 1.29 is 19.3 Å². The number of anilines is 2. The molecular formula is C20H24N6O4. The zero-order valence-corrected chi connectivity index (χ0v) is 16.6. The third kappa shape index (κ3) is 5.02. The second-order valence-corrected chi connectivity index (χ2v) is 7.00. The predicted octanol–water partition coefficient (Wildman–Crippen LogP) is 0.337. The Labute approximate surface area is 174 Å². The summed E-state index contributed by atoms with van der Waals surface area (Å²) in [5, 5.41) is 3.01. The molecule has 2 aromatic heterocycles. The number of aromatic nitrogens is 2. The fourth-order valence-corrected chi connectivity index (χ4v) is 3.49. The number of nitrogens with zero attached hydrogens (tertiary/aromatic N) is 6. The van der Waals surface area contributed by atoms with Gasteiger partial charge in [-0.2, -0.15) is 0 Å². The van der Waals surface area contributed by atoms with Crippen molar-refractivity contribution in [2.45, 2.75) is 0 Å². The zero-order chi connectivity index (χ0) is 20.8. The Morgan fingerprint density at radius 3 is 1.27 bits per heavy atom. The van der Waals surface area contributed by atoms with Crippen LogP contribution in [0.4, 0.5) is 11.4 Å². The Morgan fingerprint density at radius 1 is 0.600 bits per heavy atom. The van der Waals surface area contributed by atoms with Crippen LogP contribution in [0.1, 0.15) is 0 Å². The van der Waals surface area contributed by atoms with E-state index in [1.54, 1.807) is 24.8 Å². The summed E-state index contributed by atoms with van der Waals surface area (Å²) in [7, 11) is 0. The smallest absolute Gasteiger partial charge is 0.369 e. The van der Waals surface area contributed by atoms with Crippen molar-refractivity contribution in [3.63, 3.8) is 0 Å². The highest BCUT2D eigenvalue weighted by Crippen LogP contribution is 2.16. The Balaban J connectivity index is 1.18. The first-order valence-electron chi connectivity index (χ1n) is 9.93. The predicted molar refractivity (Wildman–Crippen MR) is 108 cm³/mol. The van der Waals surface area contributed by atoms with Crippen LogP contribution >= 0.6 is 0 Å². The average Bonchev–Trinajstić information content (AvgIpc) is 2.81. The summed E-state index contributed by atoms with van der Waals surface area (Å²) in [5.74, 6) is -1.99. The lowest BCUT2D eigenvalue weighted by Crippen LogP contribution is -2.49. The average molecular weight is 412 g/mol. The van der Waals surface area contributed by atoms with Gasteiger partial charge in [-0.25, -0.2) is 9.59 Å². The number of hydroxylamine groups is 4. The molecule has 0 spiro atoms. The lowest BCUT2D eigenvalue weighted by molar-refractivity contribution is -0.219.